The lowest BCUT2D eigenvalue weighted by Gasteiger charge is -2.08. The predicted octanol–water partition coefficient (Wildman–Crippen LogP) is 2.65. The van der Waals surface area contributed by atoms with E-state index in [1.807, 2.05) is 10.7 Å². The van der Waals surface area contributed by atoms with E-state index in [0.29, 0.717) is 18.7 Å². The van der Waals surface area contributed by atoms with Crippen molar-refractivity contribution >= 4 is 0 Å². The quantitative estimate of drug-likeness (QED) is 0.899. The van der Waals surface area contributed by atoms with Gasteiger partial charge >= 0.3 is 0 Å². The van der Waals surface area contributed by atoms with Gasteiger partial charge in [-0.15, -0.1) is 0 Å². The highest BCUT2D eigenvalue weighted by Crippen LogP contribution is 2.14. The molecule has 0 aliphatic heterocycles. The van der Waals surface area contributed by atoms with Crippen LogP contribution in [0.15, 0.2) is 24.3 Å². The molecule has 0 aliphatic carbocycles. The van der Waals surface area contributed by atoms with Crippen molar-refractivity contribution in [1.82, 2.24) is 9.78 Å². The van der Waals surface area contributed by atoms with Crippen LogP contribution in [0.5, 0.6) is 0 Å². The minimum Gasteiger partial charge on any atom is -0.326 e. The average molecular weight is 261 g/mol. The van der Waals surface area contributed by atoms with E-state index in [9.17, 15) is 4.39 Å². The van der Waals surface area contributed by atoms with Gasteiger partial charge in [0.15, 0.2) is 0 Å². The Bertz CT molecular complexity index is 561. The Hall–Kier alpha value is -1.68. The molecule has 2 rings (SSSR count). The molecule has 0 spiro atoms. The van der Waals surface area contributed by atoms with Gasteiger partial charge in [0, 0.05) is 17.8 Å². The minimum absolute atomic E-state index is 0.201. The number of halogens is 1. The first-order chi connectivity index (χ1) is 9.17. The second-order valence-corrected chi connectivity index (χ2v) is 4.62. The number of hydrogen-bond acceptors (Lipinski definition) is 2. The second kappa shape index (κ2) is 5.97. The molecule has 0 atom stereocenters. The third kappa shape index (κ3) is 3.01. The van der Waals surface area contributed by atoms with E-state index in [1.54, 1.807) is 6.07 Å². The van der Waals surface area contributed by atoms with Crippen LogP contribution in [0.3, 0.4) is 0 Å². The normalized spacial score (nSPS) is 10.9. The van der Waals surface area contributed by atoms with E-state index < -0.39 is 0 Å². The maximum absolute atomic E-state index is 13.8. The fraction of sp³-hybridized carbons (Fsp3) is 0.400. The van der Waals surface area contributed by atoms with Gasteiger partial charge in [-0.25, -0.2) is 4.39 Å². The molecule has 1 heterocycles. The third-order valence-electron chi connectivity index (χ3n) is 3.30. The summed E-state index contributed by atoms with van der Waals surface area (Å²) in [7, 11) is 0. The van der Waals surface area contributed by atoms with Gasteiger partial charge in [-0.3, -0.25) is 4.68 Å². The van der Waals surface area contributed by atoms with Crippen LogP contribution < -0.4 is 5.73 Å². The number of rotatable bonds is 5. The molecule has 4 heteroatoms. The Kier molecular flexibility index (Phi) is 4.32. The highest BCUT2D eigenvalue weighted by atomic mass is 19.1. The lowest BCUT2D eigenvalue weighted by atomic mass is 10.1. The Morgan fingerprint density at radius 3 is 2.63 bits per heavy atom. The Morgan fingerprint density at radius 2 is 2.00 bits per heavy atom. The Labute approximate surface area is 113 Å². The number of hydrogen-bond donors (Lipinski definition) is 1. The first kappa shape index (κ1) is 13.7. The zero-order valence-corrected chi connectivity index (χ0v) is 11.5. The summed E-state index contributed by atoms with van der Waals surface area (Å²) < 4.78 is 15.7. The summed E-state index contributed by atoms with van der Waals surface area (Å²) in [5.41, 5.74) is 9.37. The van der Waals surface area contributed by atoms with Crippen molar-refractivity contribution in [3.8, 4) is 0 Å². The molecule has 0 aliphatic rings. The van der Waals surface area contributed by atoms with Crippen molar-refractivity contribution in [2.24, 2.45) is 5.73 Å². The van der Waals surface area contributed by atoms with Crippen molar-refractivity contribution in [1.29, 1.82) is 0 Å². The zero-order valence-electron chi connectivity index (χ0n) is 11.5. The molecule has 1 aromatic carbocycles. The van der Waals surface area contributed by atoms with E-state index in [2.05, 4.69) is 25.0 Å². The average Bonchev–Trinajstić information content (AvgIpc) is 2.83. The van der Waals surface area contributed by atoms with Gasteiger partial charge < -0.3 is 5.73 Å². The van der Waals surface area contributed by atoms with Gasteiger partial charge in [0.1, 0.15) is 5.82 Å². The van der Waals surface area contributed by atoms with Crippen LogP contribution in [0, 0.1) is 5.82 Å². The van der Waals surface area contributed by atoms with E-state index in [4.69, 9.17) is 5.73 Å². The molecule has 0 saturated carbocycles. The molecule has 19 heavy (non-hydrogen) atoms. The van der Waals surface area contributed by atoms with Crippen LogP contribution in [0.1, 0.15) is 36.4 Å². The molecule has 0 radical (unpaired) electrons. The van der Waals surface area contributed by atoms with Crippen LogP contribution in [0.4, 0.5) is 4.39 Å². The minimum atomic E-state index is -0.201. The topological polar surface area (TPSA) is 43.8 Å². The van der Waals surface area contributed by atoms with Crippen molar-refractivity contribution in [2.75, 3.05) is 0 Å². The van der Waals surface area contributed by atoms with Crippen LogP contribution in [-0.4, -0.2) is 9.78 Å². The van der Waals surface area contributed by atoms with E-state index >= 15 is 0 Å². The molecular formula is C15H20FN3. The first-order valence-electron chi connectivity index (χ1n) is 6.70. The lowest BCUT2D eigenvalue weighted by Crippen LogP contribution is -2.08. The fourth-order valence-corrected chi connectivity index (χ4v) is 2.15. The van der Waals surface area contributed by atoms with Gasteiger partial charge in [-0.2, -0.15) is 5.10 Å². The summed E-state index contributed by atoms with van der Waals surface area (Å²) >= 11 is 0. The first-order valence-corrected chi connectivity index (χ1v) is 6.70. The largest absolute Gasteiger partial charge is 0.326 e. The highest BCUT2D eigenvalue weighted by molar-refractivity contribution is 5.26. The number of nitrogens with two attached hydrogens (primary N) is 1. The van der Waals surface area contributed by atoms with E-state index in [-0.39, 0.29) is 5.82 Å². The maximum Gasteiger partial charge on any atom is 0.128 e. The Morgan fingerprint density at radius 1 is 1.21 bits per heavy atom. The van der Waals surface area contributed by atoms with Gasteiger partial charge in [-0.05, 0) is 36.6 Å². The van der Waals surface area contributed by atoms with E-state index in [1.165, 1.54) is 6.07 Å². The van der Waals surface area contributed by atoms with Gasteiger partial charge in [0.2, 0.25) is 0 Å². The van der Waals surface area contributed by atoms with Crippen LogP contribution in [-0.2, 0) is 25.9 Å². The summed E-state index contributed by atoms with van der Waals surface area (Å²) in [4.78, 5) is 0. The monoisotopic (exact) mass is 261 g/mol. The summed E-state index contributed by atoms with van der Waals surface area (Å²) in [5.74, 6) is -0.201. The van der Waals surface area contributed by atoms with Crippen molar-refractivity contribution in [3.63, 3.8) is 0 Å². The number of aromatic nitrogens is 2. The molecule has 0 saturated heterocycles. The predicted molar refractivity (Wildman–Crippen MR) is 74.4 cm³/mol. The van der Waals surface area contributed by atoms with Crippen molar-refractivity contribution in [3.05, 3.63) is 52.6 Å². The maximum atomic E-state index is 13.8. The van der Waals surface area contributed by atoms with Crippen LogP contribution in [0.2, 0.25) is 0 Å². The highest BCUT2D eigenvalue weighted by Gasteiger charge is 2.09. The number of benzene rings is 1. The molecule has 3 nitrogen and oxygen atoms in total. The number of aryl methyl sites for hydroxylation is 2. The van der Waals surface area contributed by atoms with Crippen molar-refractivity contribution < 1.29 is 4.39 Å². The summed E-state index contributed by atoms with van der Waals surface area (Å²) in [6.07, 6.45) is 1.79. The Balaban J connectivity index is 2.32. The molecule has 2 N–H and O–H groups in total. The molecule has 2 aromatic rings. The summed E-state index contributed by atoms with van der Waals surface area (Å²) in [6.45, 7) is 5.04. The lowest BCUT2D eigenvalue weighted by molar-refractivity contribution is 0.572. The van der Waals surface area contributed by atoms with E-state index in [0.717, 1.165) is 29.8 Å². The standard InChI is InChI=1S/C15H20FN3/c1-3-13-8-14(4-2)19(18-13)10-12-7-11(9-17)5-6-15(12)16/h5-8H,3-4,9-10,17H2,1-2H3. The third-order valence-corrected chi connectivity index (χ3v) is 3.30. The molecular weight excluding hydrogens is 241 g/mol. The van der Waals surface area contributed by atoms with Crippen molar-refractivity contribution in [2.45, 2.75) is 39.8 Å². The number of nitrogens with zero attached hydrogens (tertiary/aromatic N) is 2. The molecule has 0 unspecified atom stereocenters. The molecule has 0 fully saturated rings. The SMILES string of the molecule is CCc1cc(CC)n(Cc2cc(CN)ccc2F)n1. The van der Waals surface area contributed by atoms with Gasteiger partial charge in [-0.1, -0.05) is 19.9 Å². The summed E-state index contributed by atoms with van der Waals surface area (Å²) in [5, 5.41) is 4.51. The summed E-state index contributed by atoms with van der Waals surface area (Å²) in [6, 6.07) is 7.11. The van der Waals surface area contributed by atoms with Gasteiger partial charge in [0.25, 0.3) is 0 Å². The zero-order chi connectivity index (χ0) is 13.8. The van der Waals surface area contributed by atoms with Gasteiger partial charge in [0.05, 0.1) is 12.2 Å². The molecule has 0 bridgehead atoms. The molecule has 1 aromatic heterocycles. The van der Waals surface area contributed by atoms with Crippen LogP contribution in [0.25, 0.3) is 0 Å². The fourth-order valence-electron chi connectivity index (χ4n) is 2.15. The molecule has 0 amide bonds. The molecule has 102 valence electrons. The smallest absolute Gasteiger partial charge is 0.128 e. The second-order valence-electron chi connectivity index (χ2n) is 4.62. The van der Waals surface area contributed by atoms with Crippen LogP contribution >= 0.6 is 0 Å².